The number of H-pyrrole nitrogens is 2. The molecule has 0 bridgehead atoms. The number of amides is 4. The number of imidazole rings is 2. The maximum atomic E-state index is 14.0. The molecule has 16 nitrogen and oxygen atoms in total. The summed E-state index contributed by atoms with van der Waals surface area (Å²) in [6.45, 7) is 9.22. The molecule has 5 aromatic rings. The molecule has 3 fully saturated rings. The number of carbonyl (C=O) groups excluding carboxylic acids is 4. The lowest BCUT2D eigenvalue weighted by Crippen LogP contribution is -2.52. The summed E-state index contributed by atoms with van der Waals surface area (Å²) < 4.78 is 21.7. The van der Waals surface area contributed by atoms with Gasteiger partial charge in [0.05, 0.1) is 68.1 Å². The first-order valence-electron chi connectivity index (χ1n) is 20.5. The minimum atomic E-state index is -0.941. The van der Waals surface area contributed by atoms with Crippen LogP contribution in [0.5, 0.6) is 0 Å². The number of hydrogen-bond donors (Lipinski definition) is 4. The summed E-state index contributed by atoms with van der Waals surface area (Å²) >= 11 is 0. The van der Waals surface area contributed by atoms with Crippen LogP contribution in [-0.4, -0.2) is 112 Å². The van der Waals surface area contributed by atoms with Gasteiger partial charge in [-0.1, -0.05) is 64.1 Å². The Balaban J connectivity index is 1.00. The number of carbonyl (C=O) groups is 4. The molecule has 3 aromatic carbocycles. The molecule has 4 N–H and O–H groups in total. The Labute approximate surface area is 347 Å². The van der Waals surface area contributed by atoms with Crippen LogP contribution in [0.2, 0.25) is 0 Å². The van der Waals surface area contributed by atoms with Gasteiger partial charge in [0.15, 0.2) is 5.79 Å². The van der Waals surface area contributed by atoms with E-state index in [1.807, 2.05) is 56.9 Å². The van der Waals surface area contributed by atoms with Crippen molar-refractivity contribution in [3.05, 3.63) is 72.3 Å². The van der Waals surface area contributed by atoms with Gasteiger partial charge in [0, 0.05) is 13.0 Å². The van der Waals surface area contributed by atoms with E-state index in [2.05, 4.69) is 57.0 Å². The number of aromatic amines is 2. The van der Waals surface area contributed by atoms with Gasteiger partial charge in [0.25, 0.3) is 0 Å². The number of rotatable bonds is 10. The number of nitrogens with one attached hydrogen (secondary N) is 4. The average molecular weight is 821 g/mol. The fourth-order valence-electron chi connectivity index (χ4n) is 8.68. The topological polar surface area (TPSA) is 193 Å². The quantitative estimate of drug-likeness (QED) is 0.126. The predicted octanol–water partition coefficient (Wildman–Crippen LogP) is 6.21. The number of alkyl carbamates (subject to hydrolysis) is 2. The van der Waals surface area contributed by atoms with Crippen LogP contribution in [0, 0.1) is 11.8 Å². The maximum Gasteiger partial charge on any atom is 0.407 e. The third kappa shape index (κ3) is 7.88. The van der Waals surface area contributed by atoms with Crippen molar-refractivity contribution in [2.75, 3.05) is 40.5 Å². The van der Waals surface area contributed by atoms with Crippen LogP contribution in [0.15, 0.2) is 60.7 Å². The Morgan fingerprint density at radius 1 is 0.700 bits per heavy atom. The van der Waals surface area contributed by atoms with Gasteiger partial charge in [-0.25, -0.2) is 19.6 Å². The van der Waals surface area contributed by atoms with Gasteiger partial charge < -0.3 is 49.3 Å². The number of methoxy groups -OCH3 is 2. The van der Waals surface area contributed by atoms with Crippen molar-refractivity contribution >= 4 is 46.1 Å². The molecule has 316 valence electrons. The van der Waals surface area contributed by atoms with Crippen molar-refractivity contribution < 1.29 is 38.1 Å². The zero-order valence-electron chi connectivity index (χ0n) is 34.7. The van der Waals surface area contributed by atoms with E-state index in [4.69, 9.17) is 28.9 Å². The molecule has 1 spiro atoms. The van der Waals surface area contributed by atoms with Crippen LogP contribution >= 0.6 is 0 Å². The number of benzene rings is 3. The second-order valence-corrected chi connectivity index (χ2v) is 16.5. The van der Waals surface area contributed by atoms with E-state index >= 15 is 0 Å². The van der Waals surface area contributed by atoms with Crippen molar-refractivity contribution in [2.24, 2.45) is 11.8 Å². The van der Waals surface area contributed by atoms with E-state index < -0.39 is 36.1 Å². The predicted molar refractivity (Wildman–Crippen MR) is 222 cm³/mol. The molecule has 8 rings (SSSR count). The van der Waals surface area contributed by atoms with Crippen LogP contribution in [0.3, 0.4) is 0 Å². The van der Waals surface area contributed by atoms with Gasteiger partial charge in [-0.05, 0) is 71.2 Å². The van der Waals surface area contributed by atoms with Crippen molar-refractivity contribution in [3.8, 4) is 22.3 Å². The molecule has 16 heteroatoms. The monoisotopic (exact) mass is 820 g/mol. The lowest BCUT2D eigenvalue weighted by atomic mass is 10.00. The summed E-state index contributed by atoms with van der Waals surface area (Å²) in [6.07, 6.45) is 0.704. The summed E-state index contributed by atoms with van der Waals surface area (Å²) in [5.74, 6) is -0.320. The molecule has 3 aliphatic heterocycles. The summed E-state index contributed by atoms with van der Waals surface area (Å²) in [4.78, 5) is 72.2. The fourth-order valence-corrected chi connectivity index (χ4v) is 8.68. The van der Waals surface area contributed by atoms with E-state index in [0.717, 1.165) is 63.0 Å². The second kappa shape index (κ2) is 16.6. The van der Waals surface area contributed by atoms with Crippen molar-refractivity contribution in [1.29, 1.82) is 0 Å². The molecule has 0 saturated carbocycles. The molecule has 0 aliphatic carbocycles. The summed E-state index contributed by atoms with van der Waals surface area (Å²) in [5.41, 5.74) is 7.33. The minimum Gasteiger partial charge on any atom is -0.453 e. The molecular weight excluding hydrogens is 769 g/mol. The lowest BCUT2D eigenvalue weighted by Gasteiger charge is -2.30. The van der Waals surface area contributed by atoms with E-state index in [1.165, 1.54) is 14.2 Å². The van der Waals surface area contributed by atoms with E-state index in [9.17, 15) is 19.2 Å². The molecule has 4 amide bonds. The number of hydrogen-bond acceptors (Lipinski definition) is 10. The molecule has 0 radical (unpaired) electrons. The highest BCUT2D eigenvalue weighted by Gasteiger charge is 2.53. The van der Waals surface area contributed by atoms with Crippen molar-refractivity contribution in [1.82, 2.24) is 40.4 Å². The minimum absolute atomic E-state index is 0.116. The maximum absolute atomic E-state index is 14.0. The molecule has 60 heavy (non-hydrogen) atoms. The van der Waals surface area contributed by atoms with Gasteiger partial charge in [-0.15, -0.1) is 0 Å². The third-order valence-electron chi connectivity index (χ3n) is 11.9. The average Bonchev–Trinajstić information content (AvgIpc) is 4.11. The number of ether oxygens (including phenoxy) is 4. The molecule has 4 atom stereocenters. The zero-order valence-corrected chi connectivity index (χ0v) is 34.7. The first-order valence-corrected chi connectivity index (χ1v) is 20.5. The molecule has 5 heterocycles. The van der Waals surface area contributed by atoms with E-state index in [0.29, 0.717) is 32.0 Å². The Morgan fingerprint density at radius 2 is 1.17 bits per heavy atom. The Hall–Kier alpha value is -6.00. The van der Waals surface area contributed by atoms with Crippen LogP contribution < -0.4 is 10.6 Å². The van der Waals surface area contributed by atoms with Crippen LogP contribution in [-0.2, 0) is 28.5 Å². The number of aromatic nitrogens is 4. The third-order valence-corrected chi connectivity index (χ3v) is 11.9. The van der Waals surface area contributed by atoms with Crippen molar-refractivity contribution in [3.63, 3.8) is 0 Å². The molecule has 3 aliphatic rings. The fraction of sp³-hybridized carbons (Fsp3) is 0.455. The summed E-state index contributed by atoms with van der Waals surface area (Å²) in [5, 5.41) is 5.41. The van der Waals surface area contributed by atoms with Crippen LogP contribution in [0.4, 0.5) is 9.59 Å². The largest absolute Gasteiger partial charge is 0.453 e. The zero-order chi connectivity index (χ0) is 42.3. The van der Waals surface area contributed by atoms with Crippen LogP contribution in [0.1, 0.15) is 70.7 Å². The second-order valence-electron chi connectivity index (χ2n) is 16.5. The molecule has 4 unspecified atom stereocenters. The van der Waals surface area contributed by atoms with Crippen molar-refractivity contribution in [2.45, 2.75) is 76.9 Å². The molecular formula is C44H52N8O8. The number of likely N-dealkylation sites (tertiary alicyclic amines) is 2. The SMILES string of the molecule is COC(=O)NC(C(=O)N1CCCC1c1nc2ccc(-c3ccc(-c4ccc5nc(C6CC7(CN6C(=O)C(NC(=O)OC)C(C)C)OCCO7)[nH]c5c4)cc3)cc2[nH]1)C(C)C. The standard InChI is InChI=1S/C44H52N8O8/c1-24(2)36(49-42(55)57-5)40(53)51-17-7-8-34(51)38-45-30-15-13-28(20-32(30)47-38)26-9-11-27(12-10-26)29-14-16-31-33(21-29)48-39(46-31)35-22-44(59-18-19-60-44)23-52(35)41(54)37(25(3)4)50-43(56)58-6/h9-16,20-21,24-25,34-37H,7-8,17-19,22-23H2,1-6H3,(H,45,47)(H,46,48)(H,49,55)(H,50,56). The smallest absolute Gasteiger partial charge is 0.407 e. The van der Waals surface area contributed by atoms with Crippen LogP contribution in [0.25, 0.3) is 44.3 Å². The number of nitrogens with zero attached hydrogens (tertiary/aromatic N) is 4. The van der Waals surface area contributed by atoms with Gasteiger partial charge >= 0.3 is 12.2 Å². The highest BCUT2D eigenvalue weighted by molar-refractivity contribution is 5.88. The Bertz CT molecular complexity index is 2400. The van der Waals surface area contributed by atoms with E-state index in [1.54, 1.807) is 4.90 Å². The first kappa shape index (κ1) is 40.8. The van der Waals surface area contributed by atoms with Gasteiger partial charge in [0.1, 0.15) is 23.7 Å². The van der Waals surface area contributed by atoms with E-state index in [-0.39, 0.29) is 36.2 Å². The Kier molecular flexibility index (Phi) is 11.3. The number of fused-ring (bicyclic) bond motifs is 2. The van der Waals surface area contributed by atoms with Gasteiger partial charge in [-0.3, -0.25) is 9.59 Å². The highest BCUT2D eigenvalue weighted by atomic mass is 16.7. The van der Waals surface area contributed by atoms with Gasteiger partial charge in [-0.2, -0.15) is 0 Å². The molecule has 2 aromatic heterocycles. The summed E-state index contributed by atoms with van der Waals surface area (Å²) in [7, 11) is 2.56. The normalized spacial score (nSPS) is 19.7. The summed E-state index contributed by atoms with van der Waals surface area (Å²) in [6, 6.07) is 18.3. The highest BCUT2D eigenvalue weighted by Crippen LogP contribution is 2.43. The van der Waals surface area contributed by atoms with Gasteiger partial charge in [0.2, 0.25) is 11.8 Å². The molecule has 3 saturated heterocycles. The Morgan fingerprint density at radius 3 is 1.65 bits per heavy atom. The lowest BCUT2D eigenvalue weighted by molar-refractivity contribution is -0.153. The first-order chi connectivity index (χ1) is 28.9.